The van der Waals surface area contributed by atoms with Crippen LogP contribution in [0.5, 0.6) is 11.5 Å². The number of benzene rings is 1. The Balaban J connectivity index is 1.57. The first-order chi connectivity index (χ1) is 11.1. The standard InChI is InChI=1S/C18H27BrN2O2/c1-13(2)21-6-4-15(5-7-21)20-12-14-10-16(19)18-17(11-14)22-8-3-9-23-18/h10-11,13,15,20H,3-9,12H2,1-2H3. The molecule has 2 aliphatic heterocycles. The van der Waals surface area contributed by atoms with Gasteiger partial charge in [0.1, 0.15) is 0 Å². The minimum absolute atomic E-state index is 0.611. The van der Waals surface area contributed by atoms with Crippen molar-refractivity contribution in [1.82, 2.24) is 10.2 Å². The smallest absolute Gasteiger partial charge is 0.175 e. The van der Waals surface area contributed by atoms with Gasteiger partial charge >= 0.3 is 0 Å². The molecule has 0 bridgehead atoms. The molecule has 0 spiro atoms. The first-order valence-electron chi connectivity index (χ1n) is 8.69. The van der Waals surface area contributed by atoms with Crippen molar-refractivity contribution in [3.8, 4) is 11.5 Å². The Morgan fingerprint density at radius 1 is 1.22 bits per heavy atom. The molecule has 5 heteroatoms. The molecule has 128 valence electrons. The van der Waals surface area contributed by atoms with Crippen LogP contribution in [0.15, 0.2) is 16.6 Å². The number of likely N-dealkylation sites (tertiary alicyclic amines) is 1. The van der Waals surface area contributed by atoms with Gasteiger partial charge in [-0.05, 0) is 73.4 Å². The molecule has 23 heavy (non-hydrogen) atoms. The van der Waals surface area contributed by atoms with Crippen molar-refractivity contribution in [2.75, 3.05) is 26.3 Å². The SMILES string of the molecule is CC(C)N1CCC(NCc2cc(Br)c3c(c2)OCCCO3)CC1. The highest BCUT2D eigenvalue weighted by atomic mass is 79.9. The van der Waals surface area contributed by atoms with Crippen molar-refractivity contribution in [2.45, 2.75) is 51.7 Å². The van der Waals surface area contributed by atoms with E-state index in [0.717, 1.165) is 42.2 Å². The highest BCUT2D eigenvalue weighted by Gasteiger charge is 2.21. The minimum Gasteiger partial charge on any atom is -0.490 e. The molecule has 0 radical (unpaired) electrons. The Kier molecular flexibility index (Phi) is 5.83. The van der Waals surface area contributed by atoms with Gasteiger partial charge in [0.25, 0.3) is 0 Å². The van der Waals surface area contributed by atoms with Crippen LogP contribution in [0.25, 0.3) is 0 Å². The van der Waals surface area contributed by atoms with Crippen LogP contribution in [0.2, 0.25) is 0 Å². The van der Waals surface area contributed by atoms with E-state index in [2.05, 4.69) is 52.1 Å². The molecule has 0 atom stereocenters. The second-order valence-electron chi connectivity index (χ2n) is 6.74. The van der Waals surface area contributed by atoms with Crippen LogP contribution in [0.4, 0.5) is 0 Å². The van der Waals surface area contributed by atoms with Crippen molar-refractivity contribution < 1.29 is 9.47 Å². The highest BCUT2D eigenvalue weighted by molar-refractivity contribution is 9.10. The minimum atomic E-state index is 0.611. The number of halogens is 1. The van der Waals surface area contributed by atoms with E-state index in [1.54, 1.807) is 0 Å². The van der Waals surface area contributed by atoms with Gasteiger partial charge in [0.2, 0.25) is 0 Å². The van der Waals surface area contributed by atoms with Gasteiger partial charge in [-0.2, -0.15) is 0 Å². The molecule has 4 nitrogen and oxygen atoms in total. The lowest BCUT2D eigenvalue weighted by molar-refractivity contribution is 0.161. The molecule has 0 amide bonds. The van der Waals surface area contributed by atoms with E-state index in [1.165, 1.54) is 31.5 Å². The Labute approximate surface area is 147 Å². The maximum atomic E-state index is 5.81. The third-order valence-corrected chi connectivity index (χ3v) is 5.31. The van der Waals surface area contributed by atoms with Gasteiger partial charge < -0.3 is 19.7 Å². The summed E-state index contributed by atoms with van der Waals surface area (Å²) < 4.78 is 12.6. The predicted molar refractivity (Wildman–Crippen MR) is 96.3 cm³/mol. The molecule has 1 saturated heterocycles. The number of rotatable bonds is 4. The number of nitrogens with zero attached hydrogens (tertiary/aromatic N) is 1. The number of hydrogen-bond acceptors (Lipinski definition) is 4. The molecule has 1 fully saturated rings. The zero-order chi connectivity index (χ0) is 16.2. The van der Waals surface area contributed by atoms with Crippen LogP contribution in [-0.2, 0) is 6.54 Å². The third kappa shape index (κ3) is 4.40. The largest absolute Gasteiger partial charge is 0.490 e. The van der Waals surface area contributed by atoms with Gasteiger partial charge in [-0.25, -0.2) is 0 Å². The zero-order valence-electron chi connectivity index (χ0n) is 14.1. The first kappa shape index (κ1) is 17.1. The molecule has 1 aromatic rings. The summed E-state index contributed by atoms with van der Waals surface area (Å²) in [5.74, 6) is 1.71. The summed E-state index contributed by atoms with van der Waals surface area (Å²) in [7, 11) is 0. The first-order valence-corrected chi connectivity index (χ1v) is 9.48. The maximum Gasteiger partial charge on any atom is 0.175 e. The van der Waals surface area contributed by atoms with Gasteiger partial charge in [0.05, 0.1) is 17.7 Å². The molecule has 0 aliphatic carbocycles. The predicted octanol–water partition coefficient (Wildman–Crippen LogP) is 3.57. The van der Waals surface area contributed by atoms with Crippen LogP contribution in [0, 0.1) is 0 Å². The second kappa shape index (κ2) is 7.86. The molecule has 0 unspecified atom stereocenters. The number of ether oxygens (including phenoxy) is 2. The average Bonchev–Trinajstić information content (AvgIpc) is 2.79. The Morgan fingerprint density at radius 3 is 2.70 bits per heavy atom. The fourth-order valence-electron chi connectivity index (χ4n) is 3.27. The van der Waals surface area contributed by atoms with Crippen LogP contribution < -0.4 is 14.8 Å². The summed E-state index contributed by atoms with van der Waals surface area (Å²) in [5.41, 5.74) is 1.24. The van der Waals surface area contributed by atoms with E-state index >= 15 is 0 Å². The van der Waals surface area contributed by atoms with Crippen molar-refractivity contribution in [1.29, 1.82) is 0 Å². The quantitative estimate of drug-likeness (QED) is 0.862. The molecule has 2 heterocycles. The lowest BCUT2D eigenvalue weighted by Crippen LogP contribution is -2.44. The number of piperidine rings is 1. The number of nitrogens with one attached hydrogen (secondary N) is 1. The third-order valence-electron chi connectivity index (χ3n) is 4.72. The van der Waals surface area contributed by atoms with Crippen LogP contribution in [0.3, 0.4) is 0 Å². The summed E-state index contributed by atoms with van der Waals surface area (Å²) in [5, 5.41) is 3.70. The fourth-order valence-corrected chi connectivity index (χ4v) is 3.87. The van der Waals surface area contributed by atoms with E-state index < -0.39 is 0 Å². The Bertz CT molecular complexity index is 528. The molecular formula is C18H27BrN2O2. The number of hydrogen-bond donors (Lipinski definition) is 1. The number of fused-ring (bicyclic) bond motifs is 1. The molecule has 3 rings (SSSR count). The second-order valence-corrected chi connectivity index (χ2v) is 7.59. The van der Waals surface area contributed by atoms with Crippen LogP contribution in [-0.4, -0.2) is 43.3 Å². The molecule has 1 N–H and O–H groups in total. The van der Waals surface area contributed by atoms with E-state index in [9.17, 15) is 0 Å². The van der Waals surface area contributed by atoms with Crippen molar-refractivity contribution in [3.05, 3.63) is 22.2 Å². The lowest BCUT2D eigenvalue weighted by atomic mass is 10.0. The van der Waals surface area contributed by atoms with Crippen molar-refractivity contribution in [3.63, 3.8) is 0 Å². The molecule has 2 aliphatic rings. The average molecular weight is 383 g/mol. The van der Waals surface area contributed by atoms with E-state index in [4.69, 9.17) is 9.47 Å². The molecule has 0 aromatic heterocycles. The van der Waals surface area contributed by atoms with Gasteiger partial charge in [-0.15, -0.1) is 0 Å². The van der Waals surface area contributed by atoms with Crippen molar-refractivity contribution >= 4 is 15.9 Å². The normalized spacial score (nSPS) is 19.8. The summed E-state index contributed by atoms with van der Waals surface area (Å²) in [4.78, 5) is 2.56. The molecule has 1 aromatic carbocycles. The summed E-state index contributed by atoms with van der Waals surface area (Å²) >= 11 is 3.62. The topological polar surface area (TPSA) is 33.7 Å². The van der Waals surface area contributed by atoms with Gasteiger partial charge in [-0.3, -0.25) is 0 Å². The van der Waals surface area contributed by atoms with Crippen LogP contribution >= 0.6 is 15.9 Å². The van der Waals surface area contributed by atoms with Gasteiger partial charge in [0.15, 0.2) is 11.5 Å². The molecular weight excluding hydrogens is 356 g/mol. The highest BCUT2D eigenvalue weighted by Crippen LogP contribution is 2.38. The van der Waals surface area contributed by atoms with E-state index in [-0.39, 0.29) is 0 Å². The van der Waals surface area contributed by atoms with Crippen LogP contribution in [0.1, 0.15) is 38.7 Å². The summed E-state index contributed by atoms with van der Waals surface area (Å²) in [6, 6.07) is 5.53. The maximum absolute atomic E-state index is 5.81. The Morgan fingerprint density at radius 2 is 1.96 bits per heavy atom. The monoisotopic (exact) mass is 382 g/mol. The van der Waals surface area contributed by atoms with Gasteiger partial charge in [-0.1, -0.05) is 0 Å². The van der Waals surface area contributed by atoms with E-state index in [1.807, 2.05) is 0 Å². The zero-order valence-corrected chi connectivity index (χ0v) is 15.7. The lowest BCUT2D eigenvalue weighted by Gasteiger charge is -2.35. The summed E-state index contributed by atoms with van der Waals surface area (Å²) in [6.45, 7) is 9.27. The molecule has 0 saturated carbocycles. The van der Waals surface area contributed by atoms with Gasteiger partial charge in [0, 0.05) is 25.0 Å². The van der Waals surface area contributed by atoms with Crippen molar-refractivity contribution in [2.24, 2.45) is 0 Å². The van der Waals surface area contributed by atoms with E-state index in [0.29, 0.717) is 12.1 Å². The Hall–Kier alpha value is -0.780. The fraction of sp³-hybridized carbons (Fsp3) is 0.667. The summed E-state index contributed by atoms with van der Waals surface area (Å²) in [6.07, 6.45) is 3.39.